The zero-order valence-electron chi connectivity index (χ0n) is 12.7. The van der Waals surface area contributed by atoms with Crippen molar-refractivity contribution < 1.29 is 17.9 Å². The fraction of sp³-hybridized carbons (Fsp3) is 0.235. The van der Waals surface area contributed by atoms with Gasteiger partial charge in [-0.05, 0) is 17.7 Å². The van der Waals surface area contributed by atoms with Gasteiger partial charge in [0.05, 0.1) is 12.9 Å². The molecule has 1 aliphatic heterocycles. The summed E-state index contributed by atoms with van der Waals surface area (Å²) in [6.45, 7) is 0.140. The van der Waals surface area contributed by atoms with Crippen molar-refractivity contribution in [2.24, 2.45) is 0 Å². The monoisotopic (exact) mass is 331 g/mol. The van der Waals surface area contributed by atoms with Crippen LogP contribution < -0.4 is 9.04 Å². The highest BCUT2D eigenvalue weighted by Crippen LogP contribution is 2.38. The first-order valence-electron chi connectivity index (χ1n) is 7.27. The van der Waals surface area contributed by atoms with Crippen LogP contribution in [0.5, 0.6) is 5.75 Å². The van der Waals surface area contributed by atoms with Crippen LogP contribution in [0.4, 0.5) is 5.69 Å². The Morgan fingerprint density at radius 1 is 1.09 bits per heavy atom. The zero-order chi connectivity index (χ0) is 16.4. The highest BCUT2D eigenvalue weighted by molar-refractivity contribution is 7.92. The maximum Gasteiger partial charge on any atom is 0.239 e. The number of hydrogen-bond donors (Lipinski definition) is 0. The second kappa shape index (κ2) is 6.04. The van der Waals surface area contributed by atoms with Crippen molar-refractivity contribution in [3.63, 3.8) is 0 Å². The van der Waals surface area contributed by atoms with Gasteiger partial charge in [-0.3, -0.25) is 9.10 Å². The van der Waals surface area contributed by atoms with Crippen molar-refractivity contribution in [3.8, 4) is 5.75 Å². The molecule has 0 spiro atoms. The van der Waals surface area contributed by atoms with Crippen LogP contribution in [-0.2, 0) is 15.8 Å². The number of carbonyl (C=O) groups is 1. The highest BCUT2D eigenvalue weighted by atomic mass is 32.2. The summed E-state index contributed by atoms with van der Waals surface area (Å²) >= 11 is 0. The van der Waals surface area contributed by atoms with E-state index in [-0.39, 0.29) is 24.5 Å². The molecule has 6 heteroatoms. The van der Waals surface area contributed by atoms with Gasteiger partial charge in [0.25, 0.3) is 0 Å². The first-order chi connectivity index (χ1) is 11.0. The Morgan fingerprint density at radius 2 is 1.83 bits per heavy atom. The van der Waals surface area contributed by atoms with Gasteiger partial charge < -0.3 is 4.74 Å². The van der Waals surface area contributed by atoms with E-state index in [2.05, 4.69) is 0 Å². The highest BCUT2D eigenvalue weighted by Gasteiger charge is 2.33. The molecule has 2 aromatic carbocycles. The molecule has 3 rings (SSSR count). The van der Waals surface area contributed by atoms with Gasteiger partial charge in [-0.25, -0.2) is 8.42 Å². The van der Waals surface area contributed by atoms with E-state index in [4.69, 9.17) is 4.74 Å². The molecule has 0 aliphatic carbocycles. The number of para-hydroxylation sites is 1. The van der Waals surface area contributed by atoms with Gasteiger partial charge in [-0.2, -0.15) is 0 Å². The zero-order valence-corrected chi connectivity index (χ0v) is 13.5. The fourth-order valence-electron chi connectivity index (χ4n) is 2.76. The van der Waals surface area contributed by atoms with Gasteiger partial charge in [0, 0.05) is 18.5 Å². The number of hydrogen-bond acceptors (Lipinski definition) is 4. The van der Waals surface area contributed by atoms with Crippen LogP contribution in [0.3, 0.4) is 0 Å². The first-order valence-corrected chi connectivity index (χ1v) is 8.88. The molecular weight excluding hydrogens is 314 g/mol. The quantitative estimate of drug-likeness (QED) is 0.864. The molecule has 0 fully saturated rings. The van der Waals surface area contributed by atoms with E-state index in [1.165, 1.54) is 11.4 Å². The lowest BCUT2D eigenvalue weighted by atomic mass is 10.0. The Kier molecular flexibility index (Phi) is 4.09. The van der Waals surface area contributed by atoms with Crippen molar-refractivity contribution in [1.82, 2.24) is 0 Å². The first kappa shape index (κ1) is 15.6. The number of anilines is 1. The molecule has 0 atom stereocenters. The fourth-order valence-corrected chi connectivity index (χ4v) is 4.37. The largest absolute Gasteiger partial charge is 0.495 e. The second-order valence-corrected chi connectivity index (χ2v) is 7.24. The summed E-state index contributed by atoms with van der Waals surface area (Å²) in [7, 11) is -2.14. The smallest absolute Gasteiger partial charge is 0.239 e. The second-order valence-electron chi connectivity index (χ2n) is 5.34. The topological polar surface area (TPSA) is 63.7 Å². The van der Waals surface area contributed by atoms with Crippen molar-refractivity contribution in [2.75, 3.05) is 18.0 Å². The van der Waals surface area contributed by atoms with E-state index in [9.17, 15) is 13.2 Å². The third kappa shape index (κ3) is 2.94. The van der Waals surface area contributed by atoms with Crippen molar-refractivity contribution in [2.45, 2.75) is 12.2 Å². The van der Waals surface area contributed by atoms with Crippen molar-refractivity contribution >= 4 is 21.5 Å². The van der Waals surface area contributed by atoms with Crippen LogP contribution >= 0.6 is 0 Å². The number of sulfonamides is 1. The molecule has 0 N–H and O–H groups in total. The van der Waals surface area contributed by atoms with E-state index in [0.717, 1.165) is 0 Å². The summed E-state index contributed by atoms with van der Waals surface area (Å²) < 4.78 is 32.3. The molecule has 0 bridgehead atoms. The average molecular weight is 331 g/mol. The Hall–Kier alpha value is -2.34. The lowest BCUT2D eigenvalue weighted by Crippen LogP contribution is -2.38. The van der Waals surface area contributed by atoms with E-state index >= 15 is 0 Å². The van der Waals surface area contributed by atoms with Gasteiger partial charge >= 0.3 is 0 Å². The van der Waals surface area contributed by atoms with E-state index < -0.39 is 10.0 Å². The van der Waals surface area contributed by atoms with E-state index in [0.29, 0.717) is 22.6 Å². The van der Waals surface area contributed by atoms with Crippen LogP contribution in [0.2, 0.25) is 0 Å². The Bertz CT molecular complexity index is 831. The summed E-state index contributed by atoms with van der Waals surface area (Å²) in [5.41, 5.74) is 1.45. The molecule has 0 radical (unpaired) electrons. The molecule has 0 saturated carbocycles. The normalized spacial score (nSPS) is 14.5. The van der Waals surface area contributed by atoms with Gasteiger partial charge in [0.2, 0.25) is 10.0 Å². The van der Waals surface area contributed by atoms with E-state index in [1.807, 2.05) is 6.07 Å². The maximum atomic E-state index is 12.9. The minimum absolute atomic E-state index is 0.0648. The molecule has 0 aromatic heterocycles. The number of nitrogens with zero attached hydrogens (tertiary/aromatic N) is 1. The third-order valence-electron chi connectivity index (χ3n) is 3.84. The molecule has 120 valence electrons. The van der Waals surface area contributed by atoms with Crippen molar-refractivity contribution in [3.05, 3.63) is 59.7 Å². The number of methoxy groups -OCH3 is 1. The third-order valence-corrected chi connectivity index (χ3v) is 5.57. The number of fused-ring (bicyclic) bond motifs is 1. The minimum Gasteiger partial charge on any atom is -0.495 e. The summed E-state index contributed by atoms with van der Waals surface area (Å²) in [5.74, 6) is 0.219. The molecule has 0 amide bonds. The van der Waals surface area contributed by atoms with Crippen LogP contribution in [0, 0.1) is 0 Å². The Labute approximate surface area is 135 Å². The summed E-state index contributed by atoms with van der Waals surface area (Å²) in [5, 5.41) is 0. The van der Waals surface area contributed by atoms with Gasteiger partial charge in [-0.1, -0.05) is 36.4 Å². The molecule has 0 saturated heterocycles. The molecular formula is C17H17NO4S. The van der Waals surface area contributed by atoms with Gasteiger partial charge in [0.15, 0.2) is 5.78 Å². The standard InChI is InChI=1S/C17H17NO4S/c1-22-16-9-5-8-14-15(19)10-11-18(17(14)16)23(20,21)12-13-6-3-2-4-7-13/h2-9H,10-12H2,1H3. The maximum absolute atomic E-state index is 12.9. The van der Waals surface area contributed by atoms with Crippen LogP contribution in [0.1, 0.15) is 22.3 Å². The molecule has 1 heterocycles. The molecule has 23 heavy (non-hydrogen) atoms. The summed E-state index contributed by atoms with van der Waals surface area (Å²) in [4.78, 5) is 12.1. The molecule has 2 aromatic rings. The number of ketones is 1. The SMILES string of the molecule is COc1cccc2c1N(S(=O)(=O)Cc1ccccc1)CCC2=O. The lowest BCUT2D eigenvalue weighted by Gasteiger charge is -2.31. The van der Waals surface area contributed by atoms with Crippen molar-refractivity contribution in [1.29, 1.82) is 0 Å². The average Bonchev–Trinajstić information content (AvgIpc) is 2.55. The number of ether oxygens (including phenoxy) is 1. The Balaban J connectivity index is 2.05. The molecule has 1 aliphatic rings. The van der Waals surface area contributed by atoms with Gasteiger partial charge in [0.1, 0.15) is 11.4 Å². The van der Waals surface area contributed by atoms with E-state index in [1.54, 1.807) is 42.5 Å². The lowest BCUT2D eigenvalue weighted by molar-refractivity contribution is 0.0981. The summed E-state index contributed by atoms with van der Waals surface area (Å²) in [6, 6.07) is 14.0. The van der Waals surface area contributed by atoms with Crippen LogP contribution in [-0.4, -0.2) is 27.9 Å². The summed E-state index contributed by atoms with van der Waals surface area (Å²) in [6.07, 6.45) is 0.175. The number of Topliss-reactive ketones (excluding diaryl/α,β-unsaturated/α-hetero) is 1. The molecule has 5 nitrogen and oxygen atoms in total. The number of benzene rings is 2. The number of rotatable bonds is 4. The van der Waals surface area contributed by atoms with Crippen LogP contribution in [0.25, 0.3) is 0 Å². The minimum atomic E-state index is -3.60. The van der Waals surface area contributed by atoms with Gasteiger partial charge in [-0.15, -0.1) is 0 Å². The number of carbonyl (C=O) groups excluding carboxylic acids is 1. The predicted octanol–water partition coefficient (Wildman–Crippen LogP) is 2.62. The Morgan fingerprint density at radius 3 is 2.52 bits per heavy atom. The molecule has 0 unspecified atom stereocenters. The van der Waals surface area contributed by atoms with Crippen LogP contribution in [0.15, 0.2) is 48.5 Å². The predicted molar refractivity (Wildman–Crippen MR) is 88.4 cm³/mol.